The molecule has 3 heterocycles. The number of carbonyl (C=O) groups is 1. The molecular weight excluding hydrogens is 324 g/mol. The predicted octanol–water partition coefficient (Wildman–Crippen LogP) is 1.35. The minimum absolute atomic E-state index is 0.0360. The van der Waals surface area contributed by atoms with E-state index in [1.165, 1.54) is 0 Å². The number of hydrogen-bond acceptors (Lipinski definition) is 5. The van der Waals surface area contributed by atoms with Crippen LogP contribution in [0.1, 0.15) is 38.9 Å². The summed E-state index contributed by atoms with van der Waals surface area (Å²) >= 11 is 1.58. The molecule has 2 aliphatic heterocycles. The zero-order chi connectivity index (χ0) is 17.5. The van der Waals surface area contributed by atoms with Crippen LogP contribution in [0, 0.1) is 0 Å². The number of likely N-dealkylation sites (N-methyl/N-ethyl adjacent to an activating group) is 1. The molecule has 1 aromatic heterocycles. The molecule has 1 unspecified atom stereocenters. The fourth-order valence-electron chi connectivity index (χ4n) is 3.07. The lowest BCUT2D eigenvalue weighted by Gasteiger charge is -2.33. The minimum atomic E-state index is -0.150. The van der Waals surface area contributed by atoms with Crippen LogP contribution in [0.15, 0.2) is 16.0 Å². The number of carbonyl (C=O) groups excluding carboxylic acids is 1. The number of hydrogen-bond donors (Lipinski definition) is 0. The molecule has 0 bridgehead atoms. The van der Waals surface area contributed by atoms with Crippen LogP contribution >= 0.6 is 11.8 Å². The number of amides is 1. The maximum absolute atomic E-state index is 12.6. The summed E-state index contributed by atoms with van der Waals surface area (Å²) < 4.78 is 1.72. The Morgan fingerprint density at radius 1 is 1.29 bits per heavy atom. The maximum atomic E-state index is 12.6. The van der Waals surface area contributed by atoms with Gasteiger partial charge in [0.05, 0.1) is 11.7 Å². The topological polar surface area (TPSA) is 58.4 Å². The Balaban J connectivity index is 1.75. The van der Waals surface area contributed by atoms with Gasteiger partial charge >= 0.3 is 0 Å². The van der Waals surface area contributed by atoms with E-state index in [0.717, 1.165) is 42.8 Å². The lowest BCUT2D eigenvalue weighted by atomic mass is 9.92. The lowest BCUT2D eigenvalue weighted by molar-refractivity contribution is -0.133. The zero-order valence-electron chi connectivity index (χ0n) is 14.9. The molecule has 0 aromatic carbocycles. The van der Waals surface area contributed by atoms with Crippen LogP contribution in [0.3, 0.4) is 0 Å². The first-order valence-corrected chi connectivity index (χ1v) is 9.47. The maximum Gasteiger partial charge on any atom is 0.254 e. The number of fused-ring (bicyclic) bond motifs is 1. The molecule has 7 heteroatoms. The van der Waals surface area contributed by atoms with Crippen molar-refractivity contribution in [3.05, 3.63) is 22.1 Å². The quantitative estimate of drug-likeness (QED) is 0.754. The van der Waals surface area contributed by atoms with Gasteiger partial charge < -0.3 is 9.80 Å². The van der Waals surface area contributed by atoms with Gasteiger partial charge in [0.25, 0.3) is 5.56 Å². The van der Waals surface area contributed by atoms with Gasteiger partial charge in [-0.25, -0.2) is 4.98 Å². The van der Waals surface area contributed by atoms with E-state index in [2.05, 4.69) is 37.7 Å². The predicted molar refractivity (Wildman–Crippen MR) is 95.7 cm³/mol. The molecule has 1 amide bonds. The largest absolute Gasteiger partial charge is 0.340 e. The third-order valence-electron chi connectivity index (χ3n) is 4.72. The highest BCUT2D eigenvalue weighted by Crippen LogP contribution is 2.33. The minimum Gasteiger partial charge on any atom is -0.340 e. The molecule has 1 saturated heterocycles. The Bertz CT molecular complexity index is 687. The van der Waals surface area contributed by atoms with Crippen LogP contribution in [-0.4, -0.2) is 64.2 Å². The van der Waals surface area contributed by atoms with Crippen molar-refractivity contribution in [2.24, 2.45) is 0 Å². The number of thioether (sulfide) groups is 1. The Morgan fingerprint density at radius 3 is 2.58 bits per heavy atom. The van der Waals surface area contributed by atoms with Crippen LogP contribution in [0.2, 0.25) is 0 Å². The van der Waals surface area contributed by atoms with Gasteiger partial charge in [-0.2, -0.15) is 0 Å². The summed E-state index contributed by atoms with van der Waals surface area (Å²) in [7, 11) is 2.07. The van der Waals surface area contributed by atoms with Gasteiger partial charge in [-0.1, -0.05) is 32.5 Å². The van der Waals surface area contributed by atoms with Crippen molar-refractivity contribution < 1.29 is 4.79 Å². The average Bonchev–Trinajstić information content (AvgIpc) is 2.90. The van der Waals surface area contributed by atoms with Crippen LogP contribution in [0.4, 0.5) is 0 Å². The average molecular weight is 350 g/mol. The van der Waals surface area contributed by atoms with Crippen molar-refractivity contribution in [2.45, 2.75) is 43.8 Å². The van der Waals surface area contributed by atoms with Crippen LogP contribution in [0.25, 0.3) is 0 Å². The Morgan fingerprint density at radius 2 is 1.96 bits per heavy atom. The van der Waals surface area contributed by atoms with Gasteiger partial charge in [-0.3, -0.25) is 14.2 Å². The number of nitrogens with zero attached hydrogens (tertiary/aromatic N) is 4. The van der Waals surface area contributed by atoms with Crippen molar-refractivity contribution in [1.29, 1.82) is 0 Å². The molecule has 0 N–H and O–H groups in total. The highest BCUT2D eigenvalue weighted by molar-refractivity contribution is 7.99. The molecule has 1 atom stereocenters. The summed E-state index contributed by atoms with van der Waals surface area (Å²) in [4.78, 5) is 33.9. The summed E-state index contributed by atoms with van der Waals surface area (Å²) in [6, 6.07) is 1.55. The van der Waals surface area contributed by atoms with E-state index in [9.17, 15) is 9.59 Å². The lowest BCUT2D eigenvalue weighted by Crippen LogP contribution is -2.47. The van der Waals surface area contributed by atoms with E-state index >= 15 is 0 Å². The molecular formula is C17H26N4O2S. The van der Waals surface area contributed by atoms with Gasteiger partial charge in [-0.05, 0) is 7.05 Å². The molecule has 0 aliphatic carbocycles. The van der Waals surface area contributed by atoms with E-state index in [1.807, 2.05) is 4.90 Å². The van der Waals surface area contributed by atoms with Gasteiger partial charge in [0.1, 0.15) is 0 Å². The van der Waals surface area contributed by atoms with E-state index in [0.29, 0.717) is 6.42 Å². The summed E-state index contributed by atoms with van der Waals surface area (Å²) in [5.41, 5.74) is 0.631. The zero-order valence-corrected chi connectivity index (χ0v) is 15.7. The molecule has 0 radical (unpaired) electrons. The Kier molecular flexibility index (Phi) is 4.75. The Hall–Kier alpha value is -1.34. The fourth-order valence-corrected chi connectivity index (χ4v) is 4.22. The number of piperazine rings is 1. The molecule has 132 valence electrons. The van der Waals surface area contributed by atoms with E-state index in [4.69, 9.17) is 0 Å². The van der Waals surface area contributed by atoms with Crippen LogP contribution in [0.5, 0.6) is 0 Å². The second kappa shape index (κ2) is 6.52. The molecule has 2 aliphatic rings. The third kappa shape index (κ3) is 3.52. The van der Waals surface area contributed by atoms with Crippen LogP contribution < -0.4 is 5.56 Å². The first kappa shape index (κ1) is 17.5. The molecule has 6 nitrogen and oxygen atoms in total. The molecule has 0 saturated carbocycles. The number of aromatic nitrogens is 2. The highest BCUT2D eigenvalue weighted by Gasteiger charge is 2.31. The van der Waals surface area contributed by atoms with Gasteiger partial charge in [0.15, 0.2) is 5.16 Å². The standard InChI is InChI=1S/C17H26N4O2S/c1-17(2,3)13-10-15(23)21-12(11-24-16(21)18-13)9-14(22)20-7-5-19(4)6-8-20/h10,12H,5-9,11H2,1-4H3. The SMILES string of the molecule is CN1CCN(C(=O)CC2CSc3nc(C(C)(C)C)cc(=O)n32)CC1. The molecule has 0 spiro atoms. The van der Waals surface area contributed by atoms with Crippen molar-refractivity contribution in [2.75, 3.05) is 39.0 Å². The van der Waals surface area contributed by atoms with Crippen molar-refractivity contribution in [3.63, 3.8) is 0 Å². The highest BCUT2D eigenvalue weighted by atomic mass is 32.2. The fraction of sp³-hybridized carbons (Fsp3) is 0.706. The smallest absolute Gasteiger partial charge is 0.254 e. The second-order valence-electron chi connectivity index (χ2n) is 7.74. The van der Waals surface area contributed by atoms with Gasteiger partial charge in [0.2, 0.25) is 5.91 Å². The van der Waals surface area contributed by atoms with Crippen LogP contribution in [-0.2, 0) is 10.2 Å². The van der Waals surface area contributed by atoms with E-state index in [1.54, 1.807) is 22.4 Å². The van der Waals surface area contributed by atoms with E-state index < -0.39 is 0 Å². The Labute approximate surface area is 147 Å². The first-order chi connectivity index (χ1) is 11.3. The van der Waals surface area contributed by atoms with Crippen molar-refractivity contribution >= 4 is 17.7 Å². The molecule has 1 fully saturated rings. The van der Waals surface area contributed by atoms with Gasteiger partial charge in [0, 0.05) is 49.8 Å². The molecule has 1 aromatic rings. The monoisotopic (exact) mass is 350 g/mol. The number of rotatable bonds is 2. The normalized spacial score (nSPS) is 21.8. The summed E-state index contributed by atoms with van der Waals surface area (Å²) in [5, 5.41) is 0.753. The molecule has 3 rings (SSSR count). The summed E-state index contributed by atoms with van der Waals surface area (Å²) in [6.07, 6.45) is 0.389. The third-order valence-corrected chi connectivity index (χ3v) is 5.82. The van der Waals surface area contributed by atoms with Gasteiger partial charge in [-0.15, -0.1) is 0 Å². The van der Waals surface area contributed by atoms with E-state index in [-0.39, 0.29) is 22.9 Å². The first-order valence-electron chi connectivity index (χ1n) is 8.49. The van der Waals surface area contributed by atoms with Crippen molar-refractivity contribution in [3.8, 4) is 0 Å². The van der Waals surface area contributed by atoms with Crippen molar-refractivity contribution in [1.82, 2.24) is 19.4 Å². The molecule has 24 heavy (non-hydrogen) atoms. The second-order valence-corrected chi connectivity index (χ2v) is 8.72. The summed E-state index contributed by atoms with van der Waals surface area (Å²) in [6.45, 7) is 9.55. The summed E-state index contributed by atoms with van der Waals surface area (Å²) in [5.74, 6) is 0.892.